The van der Waals surface area contributed by atoms with Gasteiger partial charge in [-0.1, -0.05) is 55.8 Å². The molecule has 7 nitrogen and oxygen atoms in total. The smallest absolute Gasteiger partial charge is 0.273 e. The van der Waals surface area contributed by atoms with Crippen molar-refractivity contribution < 1.29 is 14.5 Å². The van der Waals surface area contributed by atoms with Crippen molar-refractivity contribution >= 4 is 28.8 Å². The topological polar surface area (TPSA) is 83.8 Å². The van der Waals surface area contributed by atoms with E-state index in [0.29, 0.717) is 25.2 Å². The van der Waals surface area contributed by atoms with Crippen LogP contribution in [0.15, 0.2) is 66.0 Å². The summed E-state index contributed by atoms with van der Waals surface area (Å²) in [6.07, 6.45) is 1.59. The lowest BCUT2D eigenvalue weighted by Crippen LogP contribution is -2.42. The monoisotopic (exact) mass is 479 g/mol. The summed E-state index contributed by atoms with van der Waals surface area (Å²) in [6.45, 7) is 4.86. The van der Waals surface area contributed by atoms with E-state index in [1.807, 2.05) is 54.8 Å². The van der Waals surface area contributed by atoms with E-state index >= 15 is 0 Å². The third-order valence-electron chi connectivity index (χ3n) is 5.54. The number of rotatable bonds is 11. The number of hydrogen-bond donors (Lipinski definition) is 0. The molecule has 3 rings (SSSR count). The average molecular weight is 480 g/mol. The zero-order chi connectivity index (χ0) is 24.5. The first kappa shape index (κ1) is 25.1. The molecular weight excluding hydrogens is 450 g/mol. The highest BCUT2D eigenvalue weighted by molar-refractivity contribution is 7.09. The van der Waals surface area contributed by atoms with Crippen LogP contribution < -0.4 is 0 Å². The summed E-state index contributed by atoms with van der Waals surface area (Å²) in [6, 6.07) is 18.1. The zero-order valence-electron chi connectivity index (χ0n) is 19.5. The number of unbranched alkanes of at least 4 members (excludes halogenated alkanes) is 1. The van der Waals surface area contributed by atoms with E-state index in [4.69, 9.17) is 0 Å². The third-order valence-corrected chi connectivity index (χ3v) is 6.40. The second-order valence-electron chi connectivity index (χ2n) is 8.15. The van der Waals surface area contributed by atoms with Gasteiger partial charge in [-0.2, -0.15) is 0 Å². The van der Waals surface area contributed by atoms with Gasteiger partial charge in [0.1, 0.15) is 6.54 Å². The Hall–Kier alpha value is -3.52. The Labute approximate surface area is 203 Å². The quantitative estimate of drug-likeness (QED) is 0.271. The van der Waals surface area contributed by atoms with Crippen molar-refractivity contribution in [3.63, 3.8) is 0 Å². The summed E-state index contributed by atoms with van der Waals surface area (Å²) in [4.78, 5) is 41.9. The molecule has 0 N–H and O–H groups in total. The molecule has 2 amide bonds. The summed E-state index contributed by atoms with van der Waals surface area (Å²) < 4.78 is 0. The number of carbonyl (C=O) groups is 2. The number of nitro groups is 1. The maximum Gasteiger partial charge on any atom is 0.273 e. The molecular formula is C26H29N3O4S. The summed E-state index contributed by atoms with van der Waals surface area (Å²) in [7, 11) is 0. The standard InChI is InChI=1S/C26H29N3O4S/c1-3-4-14-27(26(31)22-13-12-20(2)24(16-22)29(32)33)19-25(30)28(18-23-11-8-15-34-23)17-21-9-6-5-7-10-21/h5-13,15-16H,3-4,14,17-19H2,1-2H3. The first-order chi connectivity index (χ1) is 16.4. The number of amides is 2. The Kier molecular flexibility index (Phi) is 8.93. The van der Waals surface area contributed by atoms with Gasteiger partial charge in [-0.05, 0) is 36.4 Å². The Balaban J connectivity index is 1.83. The first-order valence-electron chi connectivity index (χ1n) is 11.3. The zero-order valence-corrected chi connectivity index (χ0v) is 20.3. The van der Waals surface area contributed by atoms with E-state index < -0.39 is 4.92 Å². The summed E-state index contributed by atoms with van der Waals surface area (Å²) in [5.41, 5.74) is 1.61. The van der Waals surface area contributed by atoms with E-state index in [9.17, 15) is 19.7 Å². The highest BCUT2D eigenvalue weighted by Gasteiger charge is 2.24. The van der Waals surface area contributed by atoms with Crippen LogP contribution in [0.3, 0.4) is 0 Å². The van der Waals surface area contributed by atoms with E-state index in [-0.39, 0.29) is 29.6 Å². The van der Waals surface area contributed by atoms with Crippen LogP contribution in [-0.2, 0) is 17.9 Å². The van der Waals surface area contributed by atoms with Crippen molar-refractivity contribution in [1.29, 1.82) is 0 Å². The minimum absolute atomic E-state index is 0.0846. The van der Waals surface area contributed by atoms with Gasteiger partial charge in [-0.15, -0.1) is 11.3 Å². The highest BCUT2D eigenvalue weighted by atomic mass is 32.1. The third kappa shape index (κ3) is 6.74. The van der Waals surface area contributed by atoms with Crippen LogP contribution >= 0.6 is 11.3 Å². The second kappa shape index (κ2) is 12.1. The van der Waals surface area contributed by atoms with Crippen molar-refractivity contribution in [1.82, 2.24) is 9.80 Å². The fourth-order valence-electron chi connectivity index (χ4n) is 3.61. The molecule has 3 aromatic rings. The lowest BCUT2D eigenvalue weighted by Gasteiger charge is -2.28. The van der Waals surface area contributed by atoms with Gasteiger partial charge in [0, 0.05) is 35.2 Å². The molecule has 0 atom stereocenters. The minimum atomic E-state index is -0.490. The van der Waals surface area contributed by atoms with E-state index in [2.05, 4.69) is 0 Å². The van der Waals surface area contributed by atoms with Crippen molar-refractivity contribution in [2.75, 3.05) is 13.1 Å². The molecule has 8 heteroatoms. The van der Waals surface area contributed by atoms with Crippen LogP contribution in [0.4, 0.5) is 5.69 Å². The maximum atomic E-state index is 13.4. The number of hydrogen-bond acceptors (Lipinski definition) is 5. The molecule has 0 aliphatic rings. The molecule has 0 saturated carbocycles. The Morgan fingerprint density at radius 3 is 2.41 bits per heavy atom. The minimum Gasteiger partial charge on any atom is -0.332 e. The number of aryl methyl sites for hydroxylation is 1. The summed E-state index contributed by atoms with van der Waals surface area (Å²) >= 11 is 1.58. The average Bonchev–Trinajstić information content (AvgIpc) is 3.34. The SMILES string of the molecule is CCCCN(CC(=O)N(Cc1ccccc1)Cc1cccs1)C(=O)c1ccc(C)c([N+](=O)[O-])c1. The predicted molar refractivity (Wildman–Crippen MR) is 134 cm³/mol. The molecule has 2 aromatic carbocycles. The molecule has 0 unspecified atom stereocenters. The molecule has 0 fully saturated rings. The molecule has 0 radical (unpaired) electrons. The van der Waals surface area contributed by atoms with Crippen molar-refractivity contribution in [2.24, 2.45) is 0 Å². The van der Waals surface area contributed by atoms with Gasteiger partial charge in [-0.3, -0.25) is 19.7 Å². The van der Waals surface area contributed by atoms with Crippen LogP contribution in [0.1, 0.15) is 46.1 Å². The van der Waals surface area contributed by atoms with Gasteiger partial charge in [0.15, 0.2) is 0 Å². The lowest BCUT2D eigenvalue weighted by molar-refractivity contribution is -0.385. The van der Waals surface area contributed by atoms with Crippen molar-refractivity contribution in [3.05, 3.63) is 97.7 Å². The van der Waals surface area contributed by atoms with E-state index in [1.165, 1.54) is 11.0 Å². The largest absolute Gasteiger partial charge is 0.332 e. The van der Waals surface area contributed by atoms with Gasteiger partial charge in [0.25, 0.3) is 11.6 Å². The number of thiophene rings is 1. The Morgan fingerprint density at radius 2 is 1.76 bits per heavy atom. The molecule has 0 aliphatic carbocycles. The summed E-state index contributed by atoms with van der Waals surface area (Å²) in [5, 5.41) is 13.3. The molecule has 1 heterocycles. The number of nitro benzene ring substituents is 1. The van der Waals surface area contributed by atoms with Crippen LogP contribution in [0.2, 0.25) is 0 Å². The Bertz CT molecular complexity index is 1120. The molecule has 0 bridgehead atoms. The number of benzene rings is 2. The van der Waals surface area contributed by atoms with Gasteiger partial charge >= 0.3 is 0 Å². The summed E-state index contributed by atoms with van der Waals surface area (Å²) in [5.74, 6) is -0.538. The number of nitrogens with zero attached hydrogens (tertiary/aromatic N) is 3. The normalized spacial score (nSPS) is 10.6. The van der Waals surface area contributed by atoms with Crippen LogP contribution in [0.25, 0.3) is 0 Å². The van der Waals surface area contributed by atoms with Crippen molar-refractivity contribution in [3.8, 4) is 0 Å². The molecule has 1 aromatic heterocycles. The molecule has 178 valence electrons. The van der Waals surface area contributed by atoms with Crippen LogP contribution in [0.5, 0.6) is 0 Å². The molecule has 34 heavy (non-hydrogen) atoms. The van der Waals surface area contributed by atoms with Crippen LogP contribution in [-0.4, -0.2) is 39.6 Å². The maximum absolute atomic E-state index is 13.4. The Morgan fingerprint density at radius 1 is 1.00 bits per heavy atom. The first-order valence-corrected chi connectivity index (χ1v) is 12.2. The van der Waals surface area contributed by atoms with E-state index in [0.717, 1.165) is 23.3 Å². The van der Waals surface area contributed by atoms with Gasteiger partial charge < -0.3 is 9.80 Å². The van der Waals surface area contributed by atoms with E-state index in [1.54, 1.807) is 35.3 Å². The lowest BCUT2D eigenvalue weighted by atomic mass is 10.1. The number of carbonyl (C=O) groups excluding carboxylic acids is 2. The van der Waals surface area contributed by atoms with Crippen LogP contribution in [0, 0.1) is 17.0 Å². The van der Waals surface area contributed by atoms with Crippen molar-refractivity contribution in [2.45, 2.75) is 39.8 Å². The molecule has 0 spiro atoms. The highest BCUT2D eigenvalue weighted by Crippen LogP contribution is 2.21. The predicted octanol–water partition coefficient (Wildman–Crippen LogP) is 5.44. The molecule has 0 saturated heterocycles. The molecule has 0 aliphatic heterocycles. The fraction of sp³-hybridized carbons (Fsp3) is 0.308. The van der Waals surface area contributed by atoms with Gasteiger partial charge in [-0.25, -0.2) is 0 Å². The van der Waals surface area contributed by atoms with Gasteiger partial charge in [0.2, 0.25) is 5.91 Å². The van der Waals surface area contributed by atoms with Gasteiger partial charge in [0.05, 0.1) is 11.5 Å². The fourth-order valence-corrected chi connectivity index (χ4v) is 4.33. The second-order valence-corrected chi connectivity index (χ2v) is 9.19.